The average Bonchev–Trinajstić information content (AvgIpc) is 3.28. The Hall–Kier alpha value is -1.20. The second-order valence-corrected chi connectivity index (χ2v) is 7.64. The van der Waals surface area contributed by atoms with Crippen LogP contribution < -0.4 is 0 Å². The van der Waals surface area contributed by atoms with Crippen molar-refractivity contribution in [3.05, 3.63) is 58.3 Å². The van der Waals surface area contributed by atoms with E-state index in [1.807, 2.05) is 0 Å². The maximum Gasteiger partial charge on any atom is 0.0594 e. The Kier molecular flexibility index (Phi) is 5.28. The zero-order valence-electron chi connectivity index (χ0n) is 14.1. The van der Waals surface area contributed by atoms with E-state index >= 15 is 0 Å². The van der Waals surface area contributed by atoms with E-state index in [1.165, 1.54) is 24.1 Å². The van der Waals surface area contributed by atoms with Crippen molar-refractivity contribution < 1.29 is 4.74 Å². The van der Waals surface area contributed by atoms with E-state index in [9.17, 15) is 0 Å². The van der Waals surface area contributed by atoms with Crippen molar-refractivity contribution in [3.63, 3.8) is 0 Å². The molecule has 4 rings (SSSR count). The molecule has 2 saturated heterocycles. The third-order valence-electron chi connectivity index (χ3n) is 5.39. The molecular formula is C20H26N2OS. The van der Waals surface area contributed by atoms with E-state index < -0.39 is 0 Å². The molecule has 4 heteroatoms. The van der Waals surface area contributed by atoms with Crippen LogP contribution in [-0.2, 0) is 17.7 Å². The smallest absolute Gasteiger partial charge is 0.0594 e. The summed E-state index contributed by atoms with van der Waals surface area (Å²) in [6.07, 6.45) is 2.43. The Morgan fingerprint density at radius 1 is 1.00 bits per heavy atom. The number of rotatable bonds is 5. The normalized spacial score (nSPS) is 26.0. The van der Waals surface area contributed by atoms with Crippen molar-refractivity contribution in [2.45, 2.75) is 31.5 Å². The first kappa shape index (κ1) is 16.3. The van der Waals surface area contributed by atoms with Crippen LogP contribution in [0.1, 0.15) is 17.5 Å². The Morgan fingerprint density at radius 3 is 2.58 bits per heavy atom. The second-order valence-electron chi connectivity index (χ2n) is 6.86. The molecule has 0 amide bonds. The van der Waals surface area contributed by atoms with E-state index in [4.69, 9.17) is 4.74 Å². The highest BCUT2D eigenvalue weighted by Crippen LogP contribution is 2.28. The summed E-state index contributed by atoms with van der Waals surface area (Å²) >= 11 is 1.80. The number of hydrogen-bond donors (Lipinski definition) is 0. The average molecular weight is 343 g/mol. The van der Waals surface area contributed by atoms with E-state index in [-0.39, 0.29) is 0 Å². The van der Waals surface area contributed by atoms with E-state index in [0.29, 0.717) is 12.1 Å². The molecule has 1 aromatic heterocycles. The molecule has 0 bridgehead atoms. The summed E-state index contributed by atoms with van der Waals surface area (Å²) in [5.74, 6) is 0. The van der Waals surface area contributed by atoms with Gasteiger partial charge in [-0.2, -0.15) is 11.3 Å². The fraction of sp³-hybridized carbons (Fsp3) is 0.500. The van der Waals surface area contributed by atoms with Gasteiger partial charge < -0.3 is 4.74 Å². The number of thiophene rings is 1. The van der Waals surface area contributed by atoms with Crippen LogP contribution in [0.4, 0.5) is 0 Å². The number of likely N-dealkylation sites (tertiary alicyclic amines) is 1. The van der Waals surface area contributed by atoms with Gasteiger partial charge in [0.05, 0.1) is 13.2 Å². The standard InChI is InChI=1S/C20H26N2OS/c1-2-4-17(5-3-1)14-20-19(21-9-11-23-12-10-21)6-8-22(20)15-18-7-13-24-16-18/h1-5,7,13,16,19-20H,6,8-12,14-15H2/t19-,20+/m0/s1. The fourth-order valence-electron chi connectivity index (χ4n) is 4.17. The van der Waals surface area contributed by atoms with Crippen LogP contribution in [0.25, 0.3) is 0 Å². The van der Waals surface area contributed by atoms with Crippen molar-refractivity contribution in [1.29, 1.82) is 0 Å². The van der Waals surface area contributed by atoms with Crippen LogP contribution in [0, 0.1) is 0 Å². The molecule has 1 aromatic carbocycles. The van der Waals surface area contributed by atoms with Crippen molar-refractivity contribution in [1.82, 2.24) is 9.80 Å². The monoisotopic (exact) mass is 342 g/mol. The molecule has 128 valence electrons. The zero-order chi connectivity index (χ0) is 16.2. The summed E-state index contributed by atoms with van der Waals surface area (Å²) in [5, 5.41) is 4.48. The highest BCUT2D eigenvalue weighted by Gasteiger charge is 2.38. The summed E-state index contributed by atoms with van der Waals surface area (Å²) in [6.45, 7) is 6.24. The minimum Gasteiger partial charge on any atom is -0.379 e. The molecule has 2 aromatic rings. The molecule has 2 aliphatic rings. The van der Waals surface area contributed by atoms with E-state index in [1.54, 1.807) is 11.3 Å². The van der Waals surface area contributed by atoms with Gasteiger partial charge in [-0.3, -0.25) is 9.80 Å². The first-order chi connectivity index (χ1) is 11.9. The minimum absolute atomic E-state index is 0.602. The lowest BCUT2D eigenvalue weighted by Crippen LogP contribution is -2.50. The first-order valence-corrected chi connectivity index (χ1v) is 9.95. The molecule has 3 nitrogen and oxygen atoms in total. The SMILES string of the molecule is c1ccc(C[C@@H]2[C@@H](N3CCOCC3)CCN2Cc2ccsc2)cc1. The highest BCUT2D eigenvalue weighted by molar-refractivity contribution is 7.07. The number of hydrogen-bond acceptors (Lipinski definition) is 4. The quantitative estimate of drug-likeness (QED) is 0.829. The number of ether oxygens (including phenoxy) is 1. The van der Waals surface area contributed by atoms with Gasteiger partial charge in [0.15, 0.2) is 0 Å². The predicted molar refractivity (Wildman–Crippen MR) is 99.5 cm³/mol. The van der Waals surface area contributed by atoms with Gasteiger partial charge >= 0.3 is 0 Å². The van der Waals surface area contributed by atoms with Crippen LogP contribution in [0.5, 0.6) is 0 Å². The van der Waals surface area contributed by atoms with Crippen molar-refractivity contribution in [2.24, 2.45) is 0 Å². The lowest BCUT2D eigenvalue weighted by atomic mass is 9.98. The first-order valence-electron chi connectivity index (χ1n) is 9.01. The molecule has 0 N–H and O–H groups in total. The van der Waals surface area contributed by atoms with Crippen LogP contribution in [0.3, 0.4) is 0 Å². The second kappa shape index (κ2) is 7.79. The molecule has 0 saturated carbocycles. The minimum atomic E-state index is 0.602. The highest BCUT2D eigenvalue weighted by atomic mass is 32.1. The van der Waals surface area contributed by atoms with Gasteiger partial charge in [0.1, 0.15) is 0 Å². The van der Waals surface area contributed by atoms with Gasteiger partial charge in [0, 0.05) is 38.3 Å². The summed E-state index contributed by atoms with van der Waals surface area (Å²) < 4.78 is 5.57. The Labute approximate surface area is 148 Å². The number of nitrogens with zero attached hydrogens (tertiary/aromatic N) is 2. The third-order valence-corrected chi connectivity index (χ3v) is 6.13. The van der Waals surface area contributed by atoms with Gasteiger partial charge in [-0.1, -0.05) is 30.3 Å². The van der Waals surface area contributed by atoms with Gasteiger partial charge in [0.25, 0.3) is 0 Å². The zero-order valence-corrected chi connectivity index (χ0v) is 15.0. The van der Waals surface area contributed by atoms with Crippen LogP contribution in [0.15, 0.2) is 47.2 Å². The summed E-state index contributed by atoms with van der Waals surface area (Å²) in [7, 11) is 0. The summed E-state index contributed by atoms with van der Waals surface area (Å²) in [6, 6.07) is 14.5. The molecule has 0 spiro atoms. The van der Waals surface area contributed by atoms with Crippen LogP contribution >= 0.6 is 11.3 Å². The number of morpholine rings is 1. The van der Waals surface area contributed by atoms with Crippen molar-refractivity contribution in [3.8, 4) is 0 Å². The van der Waals surface area contributed by atoms with Gasteiger partial charge in [-0.15, -0.1) is 0 Å². The molecule has 0 radical (unpaired) electrons. The maximum atomic E-state index is 5.57. The molecule has 24 heavy (non-hydrogen) atoms. The van der Waals surface area contributed by atoms with Gasteiger partial charge in [0.2, 0.25) is 0 Å². The Balaban J connectivity index is 1.52. The predicted octanol–water partition coefficient (Wildman–Crippen LogP) is 3.27. The molecule has 0 unspecified atom stereocenters. The molecule has 2 fully saturated rings. The van der Waals surface area contributed by atoms with E-state index in [2.05, 4.69) is 57.0 Å². The molecule has 2 atom stereocenters. The molecule has 3 heterocycles. The third kappa shape index (κ3) is 3.72. The number of benzene rings is 1. The fourth-order valence-corrected chi connectivity index (χ4v) is 4.83. The van der Waals surface area contributed by atoms with Gasteiger partial charge in [-0.05, 0) is 40.8 Å². The molecule has 2 aliphatic heterocycles. The topological polar surface area (TPSA) is 15.7 Å². The van der Waals surface area contributed by atoms with Crippen LogP contribution in [0.2, 0.25) is 0 Å². The van der Waals surface area contributed by atoms with Gasteiger partial charge in [-0.25, -0.2) is 0 Å². The summed E-state index contributed by atoms with van der Waals surface area (Å²) in [5.41, 5.74) is 2.92. The Morgan fingerprint density at radius 2 is 1.83 bits per heavy atom. The van der Waals surface area contributed by atoms with Crippen LogP contribution in [-0.4, -0.2) is 54.7 Å². The maximum absolute atomic E-state index is 5.57. The lowest BCUT2D eigenvalue weighted by Gasteiger charge is -2.37. The largest absolute Gasteiger partial charge is 0.379 e. The van der Waals surface area contributed by atoms with Crippen molar-refractivity contribution >= 4 is 11.3 Å². The Bertz CT molecular complexity index is 610. The van der Waals surface area contributed by atoms with Crippen molar-refractivity contribution in [2.75, 3.05) is 32.8 Å². The molecule has 0 aliphatic carbocycles. The summed E-state index contributed by atoms with van der Waals surface area (Å²) in [4.78, 5) is 5.37. The van der Waals surface area contributed by atoms with E-state index in [0.717, 1.165) is 39.3 Å². The molecular weight excluding hydrogens is 316 g/mol. The lowest BCUT2D eigenvalue weighted by molar-refractivity contribution is 0.00789.